The lowest BCUT2D eigenvalue weighted by Crippen LogP contribution is -2.59. The number of carbonyl (C=O) groups excluding carboxylic acids is 2. The van der Waals surface area contributed by atoms with Crippen LogP contribution in [0.25, 0.3) is 0 Å². The topological polar surface area (TPSA) is 49.9 Å². The maximum absolute atomic E-state index is 13.1. The van der Waals surface area contributed by atoms with Crippen LogP contribution < -0.4 is 0 Å². The summed E-state index contributed by atoms with van der Waals surface area (Å²) in [7, 11) is 0. The van der Waals surface area contributed by atoms with Crippen LogP contribution in [0.3, 0.4) is 0 Å². The Bertz CT molecular complexity index is 482. The molecule has 118 valence electrons. The van der Waals surface area contributed by atoms with Gasteiger partial charge in [-0.1, -0.05) is 20.8 Å². The van der Waals surface area contributed by atoms with Crippen molar-refractivity contribution < 1.29 is 14.3 Å². The minimum absolute atomic E-state index is 0.0258. The van der Waals surface area contributed by atoms with E-state index in [1.165, 1.54) is 0 Å². The van der Waals surface area contributed by atoms with Gasteiger partial charge in [0.25, 0.3) is 5.91 Å². The maximum atomic E-state index is 13.1. The van der Waals surface area contributed by atoms with Crippen LogP contribution in [0.2, 0.25) is 0 Å². The summed E-state index contributed by atoms with van der Waals surface area (Å²) in [6, 6.07) is 0. The fourth-order valence-corrected chi connectivity index (χ4v) is 4.24. The zero-order valence-corrected chi connectivity index (χ0v) is 13.6. The smallest absolute Gasteiger partial charge is 0.313 e. The number of rotatable bonds is 2. The number of esters is 1. The van der Waals surface area contributed by atoms with E-state index in [1.54, 1.807) is 0 Å². The molecule has 2 aliphatic heterocycles. The minimum Gasteiger partial charge on any atom is -0.448 e. The average Bonchev–Trinajstić information content (AvgIpc) is 2.77. The molecular weight excluding hydrogens is 268 g/mol. The third kappa shape index (κ3) is 1.67. The van der Waals surface area contributed by atoms with Crippen LogP contribution in [-0.4, -0.2) is 60.0 Å². The van der Waals surface area contributed by atoms with Gasteiger partial charge in [0.1, 0.15) is 0 Å². The second-order valence-electron chi connectivity index (χ2n) is 7.40. The molecular formula is C16H26N2O3. The van der Waals surface area contributed by atoms with Gasteiger partial charge in [0, 0.05) is 31.6 Å². The second-order valence-corrected chi connectivity index (χ2v) is 7.40. The summed E-state index contributed by atoms with van der Waals surface area (Å²) < 4.78 is 5.69. The molecule has 3 rings (SSSR count). The van der Waals surface area contributed by atoms with E-state index < -0.39 is 16.4 Å². The van der Waals surface area contributed by atoms with Crippen molar-refractivity contribution in [3.05, 3.63) is 0 Å². The summed E-state index contributed by atoms with van der Waals surface area (Å²) in [4.78, 5) is 29.6. The van der Waals surface area contributed by atoms with E-state index in [4.69, 9.17) is 4.74 Å². The summed E-state index contributed by atoms with van der Waals surface area (Å²) in [5.74, 6) is -0.169. The Kier molecular flexibility index (Phi) is 3.14. The van der Waals surface area contributed by atoms with Gasteiger partial charge in [0.2, 0.25) is 0 Å². The van der Waals surface area contributed by atoms with E-state index in [0.29, 0.717) is 6.42 Å². The van der Waals surface area contributed by atoms with Crippen LogP contribution >= 0.6 is 0 Å². The SMILES string of the molecule is CCN1CCN(C(=O)C23CCC(C)(C(=O)O2)C3(C)C)CC1. The summed E-state index contributed by atoms with van der Waals surface area (Å²) in [6.45, 7) is 12.4. The molecule has 2 atom stereocenters. The van der Waals surface area contributed by atoms with Gasteiger partial charge < -0.3 is 14.5 Å². The summed E-state index contributed by atoms with van der Waals surface area (Å²) in [5, 5.41) is 0. The number of piperazine rings is 1. The number of carbonyl (C=O) groups is 2. The van der Waals surface area contributed by atoms with E-state index in [9.17, 15) is 9.59 Å². The van der Waals surface area contributed by atoms with Crippen LogP contribution in [0.15, 0.2) is 0 Å². The highest BCUT2D eigenvalue weighted by Crippen LogP contribution is 2.65. The van der Waals surface area contributed by atoms with Gasteiger partial charge in [-0.05, 0) is 26.3 Å². The highest BCUT2D eigenvalue weighted by atomic mass is 16.6. The predicted molar refractivity (Wildman–Crippen MR) is 78.6 cm³/mol. The first kappa shape index (κ1) is 14.8. The van der Waals surface area contributed by atoms with Crippen LogP contribution in [0.1, 0.15) is 40.5 Å². The number of ether oxygens (including phenoxy) is 1. The lowest BCUT2D eigenvalue weighted by Gasteiger charge is -2.42. The third-order valence-corrected chi connectivity index (χ3v) is 6.54. The molecule has 1 saturated carbocycles. The van der Waals surface area contributed by atoms with Gasteiger partial charge in [0.05, 0.1) is 5.41 Å². The Morgan fingerprint density at radius 3 is 2.19 bits per heavy atom. The molecule has 0 aromatic heterocycles. The molecule has 21 heavy (non-hydrogen) atoms. The van der Waals surface area contributed by atoms with Crippen molar-refractivity contribution in [1.29, 1.82) is 0 Å². The number of nitrogens with zero attached hydrogens (tertiary/aromatic N) is 2. The van der Waals surface area contributed by atoms with E-state index in [2.05, 4.69) is 11.8 Å². The Morgan fingerprint density at radius 2 is 1.76 bits per heavy atom. The highest BCUT2D eigenvalue weighted by Gasteiger charge is 2.76. The van der Waals surface area contributed by atoms with E-state index in [-0.39, 0.29) is 11.9 Å². The first-order valence-electron chi connectivity index (χ1n) is 8.04. The predicted octanol–water partition coefficient (Wildman–Crippen LogP) is 1.27. The lowest BCUT2D eigenvalue weighted by atomic mass is 9.66. The van der Waals surface area contributed by atoms with Crippen LogP contribution in [0.4, 0.5) is 0 Å². The van der Waals surface area contributed by atoms with Crippen molar-refractivity contribution in [2.75, 3.05) is 32.7 Å². The normalized spacial score (nSPS) is 38.7. The van der Waals surface area contributed by atoms with Gasteiger partial charge in [-0.2, -0.15) is 0 Å². The van der Waals surface area contributed by atoms with Crippen molar-refractivity contribution in [2.45, 2.75) is 46.1 Å². The molecule has 2 saturated heterocycles. The molecule has 0 spiro atoms. The molecule has 5 heteroatoms. The highest BCUT2D eigenvalue weighted by molar-refractivity contribution is 5.96. The summed E-state index contributed by atoms with van der Waals surface area (Å²) in [6.07, 6.45) is 1.41. The number of likely N-dealkylation sites (N-methyl/N-ethyl adjacent to an activating group) is 1. The molecule has 1 aliphatic carbocycles. The zero-order valence-electron chi connectivity index (χ0n) is 13.6. The standard InChI is InChI=1S/C16H26N2O3/c1-5-17-8-10-18(11-9-17)12(19)16-7-6-15(4,13(20)21-16)14(16,2)3/h5-11H2,1-4H3. The quantitative estimate of drug-likeness (QED) is 0.720. The van der Waals surface area contributed by atoms with E-state index in [0.717, 1.165) is 39.1 Å². The van der Waals surface area contributed by atoms with Gasteiger partial charge in [0.15, 0.2) is 5.60 Å². The molecule has 1 amide bonds. The Balaban J connectivity index is 1.84. The van der Waals surface area contributed by atoms with Crippen molar-refractivity contribution >= 4 is 11.9 Å². The van der Waals surface area contributed by atoms with E-state index in [1.807, 2.05) is 25.7 Å². The van der Waals surface area contributed by atoms with Crippen LogP contribution in [0.5, 0.6) is 0 Å². The van der Waals surface area contributed by atoms with Crippen molar-refractivity contribution in [3.63, 3.8) is 0 Å². The Labute approximate surface area is 126 Å². The molecule has 2 heterocycles. The molecule has 2 bridgehead atoms. The van der Waals surface area contributed by atoms with Crippen LogP contribution in [-0.2, 0) is 14.3 Å². The first-order chi connectivity index (χ1) is 9.78. The number of amides is 1. The molecule has 5 nitrogen and oxygen atoms in total. The average molecular weight is 294 g/mol. The Morgan fingerprint density at radius 1 is 1.14 bits per heavy atom. The largest absolute Gasteiger partial charge is 0.448 e. The Hall–Kier alpha value is -1.10. The van der Waals surface area contributed by atoms with Gasteiger partial charge in [-0.15, -0.1) is 0 Å². The number of hydrogen-bond donors (Lipinski definition) is 0. The molecule has 0 radical (unpaired) electrons. The molecule has 3 fully saturated rings. The van der Waals surface area contributed by atoms with Gasteiger partial charge >= 0.3 is 5.97 Å². The molecule has 0 N–H and O–H groups in total. The number of hydrogen-bond acceptors (Lipinski definition) is 4. The van der Waals surface area contributed by atoms with E-state index >= 15 is 0 Å². The minimum atomic E-state index is -0.937. The molecule has 0 aromatic rings. The first-order valence-corrected chi connectivity index (χ1v) is 8.04. The fourth-order valence-electron chi connectivity index (χ4n) is 4.24. The number of fused-ring (bicyclic) bond motifs is 2. The van der Waals surface area contributed by atoms with Crippen molar-refractivity contribution in [2.24, 2.45) is 10.8 Å². The third-order valence-electron chi connectivity index (χ3n) is 6.54. The molecule has 2 unspecified atom stereocenters. The summed E-state index contributed by atoms with van der Waals surface area (Å²) in [5.41, 5.74) is -1.89. The van der Waals surface area contributed by atoms with Crippen molar-refractivity contribution in [1.82, 2.24) is 9.80 Å². The molecule has 0 aromatic carbocycles. The van der Waals surface area contributed by atoms with Crippen LogP contribution in [0, 0.1) is 10.8 Å². The second kappa shape index (κ2) is 4.45. The summed E-state index contributed by atoms with van der Waals surface area (Å²) >= 11 is 0. The monoisotopic (exact) mass is 294 g/mol. The molecule has 3 aliphatic rings. The fraction of sp³-hybridized carbons (Fsp3) is 0.875. The van der Waals surface area contributed by atoms with Gasteiger partial charge in [-0.3, -0.25) is 9.59 Å². The zero-order chi connectivity index (χ0) is 15.5. The lowest BCUT2D eigenvalue weighted by molar-refractivity contribution is -0.175. The van der Waals surface area contributed by atoms with Gasteiger partial charge in [-0.25, -0.2) is 0 Å². The van der Waals surface area contributed by atoms with Crippen molar-refractivity contribution in [3.8, 4) is 0 Å². The maximum Gasteiger partial charge on any atom is 0.313 e.